The van der Waals surface area contributed by atoms with Gasteiger partial charge in [0.05, 0.1) is 18.2 Å². The molecule has 0 heterocycles. The molecule has 0 aromatic heterocycles. The van der Waals surface area contributed by atoms with E-state index in [1.165, 1.54) is 7.11 Å². The van der Waals surface area contributed by atoms with Gasteiger partial charge in [0, 0.05) is 11.8 Å². The van der Waals surface area contributed by atoms with Crippen molar-refractivity contribution in [3.05, 3.63) is 23.2 Å². The highest BCUT2D eigenvalue weighted by Gasteiger charge is 2.11. The third-order valence-corrected chi connectivity index (χ3v) is 2.51. The summed E-state index contributed by atoms with van der Waals surface area (Å²) >= 11 is 5.86. The van der Waals surface area contributed by atoms with E-state index in [1.54, 1.807) is 18.2 Å². The van der Waals surface area contributed by atoms with Crippen LogP contribution in [0.1, 0.15) is 13.3 Å². The molecule has 1 atom stereocenters. The number of nitrogens with two attached hydrogens (primary N) is 1. The number of nitrogens with one attached hydrogen (secondary N) is 1. The minimum Gasteiger partial charge on any atom is -0.495 e. The van der Waals surface area contributed by atoms with Crippen LogP contribution in [0.4, 0.5) is 5.69 Å². The molecule has 5 heteroatoms. The summed E-state index contributed by atoms with van der Waals surface area (Å²) in [6.07, 6.45) is 0.594. The van der Waals surface area contributed by atoms with E-state index in [-0.39, 0.29) is 5.91 Å². The summed E-state index contributed by atoms with van der Waals surface area (Å²) in [4.78, 5) is 11.5. The molecule has 16 heavy (non-hydrogen) atoms. The Morgan fingerprint density at radius 3 is 2.88 bits per heavy atom. The van der Waals surface area contributed by atoms with Gasteiger partial charge in [0.2, 0.25) is 5.91 Å². The van der Waals surface area contributed by atoms with E-state index in [0.717, 1.165) is 0 Å². The minimum absolute atomic E-state index is 0.216. The average Bonchev–Trinajstić information content (AvgIpc) is 2.30. The van der Waals surface area contributed by atoms with Crippen LogP contribution in [-0.4, -0.2) is 19.1 Å². The zero-order valence-electron chi connectivity index (χ0n) is 9.29. The maximum Gasteiger partial charge on any atom is 0.241 e. The van der Waals surface area contributed by atoms with Crippen LogP contribution in [0.5, 0.6) is 5.75 Å². The second-order valence-electron chi connectivity index (χ2n) is 3.35. The Hall–Kier alpha value is -1.26. The molecule has 0 spiro atoms. The lowest BCUT2D eigenvalue weighted by atomic mass is 10.2. The number of halogens is 1. The Kier molecular flexibility index (Phi) is 4.58. The number of ether oxygens (including phenoxy) is 1. The van der Waals surface area contributed by atoms with Crippen LogP contribution in [0.3, 0.4) is 0 Å². The highest BCUT2D eigenvalue weighted by molar-refractivity contribution is 6.32. The van der Waals surface area contributed by atoms with Gasteiger partial charge in [-0.1, -0.05) is 18.5 Å². The quantitative estimate of drug-likeness (QED) is 0.849. The number of hydrogen-bond acceptors (Lipinski definition) is 3. The normalized spacial score (nSPS) is 12.0. The molecule has 0 saturated carbocycles. The van der Waals surface area contributed by atoms with Gasteiger partial charge in [0.1, 0.15) is 5.75 Å². The molecule has 0 saturated heterocycles. The Morgan fingerprint density at radius 1 is 1.62 bits per heavy atom. The smallest absolute Gasteiger partial charge is 0.241 e. The molecule has 0 aliphatic carbocycles. The summed E-state index contributed by atoms with van der Waals surface area (Å²) in [7, 11) is 1.52. The van der Waals surface area contributed by atoms with Crippen molar-refractivity contribution >= 4 is 23.2 Å². The first-order valence-electron chi connectivity index (χ1n) is 4.98. The SMILES string of the molecule is CCC(N)C(=O)Nc1ccc(Cl)c(OC)c1. The van der Waals surface area contributed by atoms with E-state index in [1.807, 2.05) is 6.92 Å². The number of carbonyl (C=O) groups excluding carboxylic acids is 1. The zero-order chi connectivity index (χ0) is 12.1. The van der Waals surface area contributed by atoms with Crippen LogP contribution in [0.25, 0.3) is 0 Å². The highest BCUT2D eigenvalue weighted by Crippen LogP contribution is 2.27. The third kappa shape index (κ3) is 3.12. The van der Waals surface area contributed by atoms with Gasteiger partial charge in [0.15, 0.2) is 0 Å². The maximum atomic E-state index is 11.5. The standard InChI is InChI=1S/C11H15ClN2O2/c1-3-9(13)11(15)14-7-4-5-8(12)10(6-7)16-2/h4-6,9H,3,13H2,1-2H3,(H,14,15). The molecule has 0 aliphatic rings. The molecule has 1 unspecified atom stereocenters. The fourth-order valence-corrected chi connectivity index (χ4v) is 1.35. The van der Waals surface area contributed by atoms with Gasteiger partial charge in [-0.2, -0.15) is 0 Å². The molecule has 88 valence electrons. The third-order valence-electron chi connectivity index (χ3n) is 2.20. The first-order valence-corrected chi connectivity index (χ1v) is 5.36. The molecule has 4 nitrogen and oxygen atoms in total. The van der Waals surface area contributed by atoms with Crippen LogP contribution in [-0.2, 0) is 4.79 Å². The zero-order valence-corrected chi connectivity index (χ0v) is 10.0. The summed E-state index contributed by atoms with van der Waals surface area (Å²) in [5, 5.41) is 3.19. The summed E-state index contributed by atoms with van der Waals surface area (Å²) in [5.41, 5.74) is 6.22. The van der Waals surface area contributed by atoms with Crippen molar-refractivity contribution in [1.29, 1.82) is 0 Å². The van der Waals surface area contributed by atoms with Gasteiger partial charge in [-0.3, -0.25) is 4.79 Å². The van der Waals surface area contributed by atoms with Crippen LogP contribution in [0.15, 0.2) is 18.2 Å². The average molecular weight is 243 g/mol. The van der Waals surface area contributed by atoms with Crippen LogP contribution in [0.2, 0.25) is 5.02 Å². The van der Waals surface area contributed by atoms with Crippen molar-refractivity contribution in [1.82, 2.24) is 0 Å². The number of hydrogen-bond donors (Lipinski definition) is 2. The summed E-state index contributed by atoms with van der Waals surface area (Å²) < 4.78 is 5.04. The molecule has 0 radical (unpaired) electrons. The largest absolute Gasteiger partial charge is 0.495 e. The summed E-state index contributed by atoms with van der Waals surface area (Å²) in [5.74, 6) is 0.302. The van der Waals surface area contributed by atoms with Gasteiger partial charge < -0.3 is 15.8 Å². The van der Waals surface area contributed by atoms with Crippen molar-refractivity contribution in [2.45, 2.75) is 19.4 Å². The van der Waals surface area contributed by atoms with Gasteiger partial charge in [-0.05, 0) is 18.6 Å². The fourth-order valence-electron chi connectivity index (χ4n) is 1.16. The molecule has 0 bridgehead atoms. The van der Waals surface area contributed by atoms with E-state index in [4.69, 9.17) is 22.1 Å². The number of methoxy groups -OCH3 is 1. The van der Waals surface area contributed by atoms with Gasteiger partial charge in [-0.25, -0.2) is 0 Å². The molecular weight excluding hydrogens is 228 g/mol. The van der Waals surface area contributed by atoms with Crippen molar-refractivity contribution < 1.29 is 9.53 Å². The predicted octanol–water partition coefficient (Wildman–Crippen LogP) is 2.02. The van der Waals surface area contributed by atoms with E-state index >= 15 is 0 Å². The van der Waals surface area contributed by atoms with Crippen molar-refractivity contribution in [3.8, 4) is 5.75 Å². The van der Waals surface area contributed by atoms with Crippen molar-refractivity contribution in [2.75, 3.05) is 12.4 Å². The Labute approximate surface area is 99.7 Å². The Bertz CT molecular complexity index is 382. The molecule has 3 N–H and O–H groups in total. The molecule has 1 aromatic rings. The number of carbonyl (C=O) groups is 1. The van der Waals surface area contributed by atoms with Gasteiger partial charge >= 0.3 is 0 Å². The molecular formula is C11H15ClN2O2. The number of rotatable bonds is 4. The van der Waals surface area contributed by atoms with Crippen LogP contribution in [0, 0.1) is 0 Å². The minimum atomic E-state index is -0.498. The Balaban J connectivity index is 2.78. The summed E-state index contributed by atoms with van der Waals surface area (Å²) in [6, 6.07) is 4.52. The predicted molar refractivity (Wildman–Crippen MR) is 64.9 cm³/mol. The number of benzene rings is 1. The van der Waals surface area contributed by atoms with Crippen molar-refractivity contribution in [3.63, 3.8) is 0 Å². The first kappa shape index (κ1) is 12.8. The molecule has 0 aliphatic heterocycles. The monoisotopic (exact) mass is 242 g/mol. The second-order valence-corrected chi connectivity index (χ2v) is 3.76. The van der Waals surface area contributed by atoms with E-state index in [0.29, 0.717) is 22.9 Å². The number of anilines is 1. The topological polar surface area (TPSA) is 64.4 Å². The van der Waals surface area contributed by atoms with Crippen LogP contribution >= 0.6 is 11.6 Å². The Morgan fingerprint density at radius 2 is 2.31 bits per heavy atom. The van der Waals surface area contributed by atoms with E-state index in [2.05, 4.69) is 5.32 Å². The summed E-state index contributed by atoms with van der Waals surface area (Å²) in [6.45, 7) is 1.85. The lowest BCUT2D eigenvalue weighted by Crippen LogP contribution is -2.34. The molecule has 1 rings (SSSR count). The van der Waals surface area contributed by atoms with E-state index < -0.39 is 6.04 Å². The molecule has 1 amide bonds. The fraction of sp³-hybridized carbons (Fsp3) is 0.364. The first-order chi connectivity index (χ1) is 7.58. The lowest BCUT2D eigenvalue weighted by Gasteiger charge is -2.11. The highest BCUT2D eigenvalue weighted by atomic mass is 35.5. The second kappa shape index (κ2) is 5.72. The van der Waals surface area contributed by atoms with E-state index in [9.17, 15) is 4.79 Å². The molecule has 1 aromatic carbocycles. The maximum absolute atomic E-state index is 11.5. The van der Waals surface area contributed by atoms with Gasteiger partial charge in [-0.15, -0.1) is 0 Å². The van der Waals surface area contributed by atoms with Gasteiger partial charge in [0.25, 0.3) is 0 Å². The van der Waals surface area contributed by atoms with Crippen molar-refractivity contribution in [2.24, 2.45) is 5.73 Å². The molecule has 0 fully saturated rings. The lowest BCUT2D eigenvalue weighted by molar-refractivity contribution is -0.117. The van der Waals surface area contributed by atoms with Crippen LogP contribution < -0.4 is 15.8 Å². The number of amides is 1.